The Hall–Kier alpha value is -0.480. The van der Waals surface area contributed by atoms with Crippen molar-refractivity contribution < 1.29 is 0 Å². The summed E-state index contributed by atoms with van der Waals surface area (Å²) in [5.74, 6) is 0. The van der Waals surface area contributed by atoms with E-state index in [2.05, 4.69) is 38.4 Å². The monoisotopic (exact) mass is 272 g/mol. The van der Waals surface area contributed by atoms with Crippen molar-refractivity contribution in [1.29, 1.82) is 0 Å². The van der Waals surface area contributed by atoms with Crippen LogP contribution in [-0.4, -0.2) is 18.5 Å². The molecule has 0 aliphatic heterocycles. The van der Waals surface area contributed by atoms with E-state index in [9.17, 15) is 0 Å². The van der Waals surface area contributed by atoms with Crippen LogP contribution >= 0.6 is 27.7 Å². The number of hydrogen-bond acceptors (Lipinski definition) is 2. The van der Waals surface area contributed by atoms with E-state index in [1.54, 1.807) is 18.8 Å². The van der Waals surface area contributed by atoms with E-state index in [4.69, 9.17) is 0 Å². The van der Waals surface area contributed by atoms with E-state index in [1.807, 2.05) is 18.4 Å². The van der Waals surface area contributed by atoms with Gasteiger partial charge in [-0.05, 0) is 24.0 Å². The highest BCUT2D eigenvalue weighted by Crippen LogP contribution is 2.10. The Morgan fingerprint density at radius 2 is 2.07 bits per heavy atom. The van der Waals surface area contributed by atoms with Gasteiger partial charge in [0.1, 0.15) is 0 Å². The molecule has 0 saturated heterocycles. The first-order chi connectivity index (χ1) is 6.76. The van der Waals surface area contributed by atoms with Crippen LogP contribution in [0, 0.1) is 0 Å². The van der Waals surface area contributed by atoms with Crippen LogP contribution in [0.3, 0.4) is 0 Å². The third-order valence-electron chi connectivity index (χ3n) is 1.75. The Balaban J connectivity index is 2.49. The van der Waals surface area contributed by atoms with Crippen molar-refractivity contribution >= 4 is 32.9 Å². The molecule has 76 valence electrons. The molecule has 0 aliphatic carbocycles. The zero-order valence-electron chi connectivity index (χ0n) is 8.25. The minimum Gasteiger partial charge on any atom is -0.361 e. The van der Waals surface area contributed by atoms with E-state index < -0.39 is 0 Å². The second kappa shape index (κ2) is 6.09. The molecule has 0 radical (unpaired) electrons. The number of benzene rings is 1. The molecule has 0 unspecified atom stereocenters. The van der Waals surface area contributed by atoms with E-state index in [-0.39, 0.29) is 0 Å². The highest BCUT2D eigenvalue weighted by Gasteiger charge is 1.95. The normalized spacial score (nSPS) is 11.5. The molecule has 2 nitrogen and oxygen atoms in total. The summed E-state index contributed by atoms with van der Waals surface area (Å²) >= 11 is 5.03. The van der Waals surface area contributed by atoms with Crippen LogP contribution in [0.2, 0.25) is 0 Å². The van der Waals surface area contributed by atoms with Gasteiger partial charge in [0.2, 0.25) is 0 Å². The molecule has 0 bridgehead atoms. The van der Waals surface area contributed by atoms with Gasteiger partial charge in [-0.2, -0.15) is 0 Å². The lowest BCUT2D eigenvalue weighted by molar-refractivity contribution is 0.925. The Labute approximate surface area is 97.3 Å². The molecule has 0 aromatic heterocycles. The molecule has 1 aromatic carbocycles. The van der Waals surface area contributed by atoms with E-state index >= 15 is 0 Å². The average molecular weight is 273 g/mol. The second-order valence-corrected chi connectivity index (χ2v) is 4.42. The van der Waals surface area contributed by atoms with Crippen LogP contribution in [-0.2, 0) is 6.54 Å². The fourth-order valence-electron chi connectivity index (χ4n) is 1.02. The van der Waals surface area contributed by atoms with Crippen LogP contribution in [0.25, 0.3) is 0 Å². The van der Waals surface area contributed by atoms with Crippen molar-refractivity contribution in [2.45, 2.75) is 6.54 Å². The minimum absolute atomic E-state index is 0.820. The van der Waals surface area contributed by atoms with Crippen molar-refractivity contribution in [1.82, 2.24) is 5.32 Å². The van der Waals surface area contributed by atoms with Crippen molar-refractivity contribution in [2.24, 2.45) is 4.99 Å². The molecule has 0 fully saturated rings. The summed E-state index contributed by atoms with van der Waals surface area (Å²) in [7, 11) is 1.79. The first-order valence-corrected chi connectivity index (χ1v) is 6.27. The molecule has 0 saturated carbocycles. The van der Waals surface area contributed by atoms with Gasteiger partial charge in [0.05, 0.1) is 0 Å². The average Bonchev–Trinajstić information content (AvgIpc) is 2.22. The van der Waals surface area contributed by atoms with Gasteiger partial charge in [-0.1, -0.05) is 39.8 Å². The Bertz CT molecular complexity index is 308. The van der Waals surface area contributed by atoms with Gasteiger partial charge < -0.3 is 5.32 Å². The molecule has 14 heavy (non-hydrogen) atoms. The number of amidine groups is 1. The fourth-order valence-corrected chi connectivity index (χ4v) is 1.69. The van der Waals surface area contributed by atoms with E-state index in [0.717, 1.165) is 16.2 Å². The molecule has 1 N–H and O–H groups in total. The first-order valence-electron chi connectivity index (χ1n) is 4.25. The van der Waals surface area contributed by atoms with Gasteiger partial charge in [0.15, 0.2) is 5.17 Å². The summed E-state index contributed by atoms with van der Waals surface area (Å²) in [6.07, 6.45) is 2.01. The van der Waals surface area contributed by atoms with Gasteiger partial charge in [-0.25, -0.2) is 0 Å². The molecular formula is C10H13BrN2S. The van der Waals surface area contributed by atoms with Gasteiger partial charge in [0, 0.05) is 18.1 Å². The molecule has 1 aromatic rings. The number of nitrogens with one attached hydrogen (secondary N) is 1. The molecule has 0 spiro atoms. The second-order valence-electron chi connectivity index (χ2n) is 2.71. The SMILES string of the molecule is CN=C(NCc1ccc(Br)cc1)SC. The lowest BCUT2D eigenvalue weighted by Crippen LogP contribution is -2.19. The van der Waals surface area contributed by atoms with E-state index in [0.29, 0.717) is 0 Å². The maximum atomic E-state index is 4.10. The summed E-state index contributed by atoms with van der Waals surface area (Å²) in [5, 5.41) is 4.22. The Morgan fingerprint density at radius 1 is 1.43 bits per heavy atom. The highest BCUT2D eigenvalue weighted by molar-refractivity contribution is 9.10. The zero-order valence-corrected chi connectivity index (χ0v) is 10.7. The third-order valence-corrected chi connectivity index (χ3v) is 3.00. The summed E-state index contributed by atoms with van der Waals surface area (Å²) < 4.78 is 1.11. The maximum Gasteiger partial charge on any atom is 0.156 e. The molecule has 0 heterocycles. The Kier molecular flexibility index (Phi) is 5.04. The van der Waals surface area contributed by atoms with Crippen LogP contribution in [0.4, 0.5) is 0 Å². The lowest BCUT2D eigenvalue weighted by atomic mass is 10.2. The molecule has 0 aliphatic rings. The fraction of sp³-hybridized carbons (Fsp3) is 0.300. The quantitative estimate of drug-likeness (QED) is 0.662. The smallest absolute Gasteiger partial charge is 0.156 e. The van der Waals surface area contributed by atoms with Crippen LogP contribution in [0.1, 0.15) is 5.56 Å². The lowest BCUT2D eigenvalue weighted by Gasteiger charge is -2.06. The number of halogens is 1. The number of aliphatic imine (C=N–C) groups is 1. The minimum atomic E-state index is 0.820. The standard InChI is InChI=1S/C10H13BrN2S/c1-12-10(14-2)13-7-8-3-5-9(11)6-4-8/h3-6H,7H2,1-2H3,(H,12,13). The number of nitrogens with zero attached hydrogens (tertiary/aromatic N) is 1. The van der Waals surface area contributed by atoms with Crippen molar-refractivity contribution in [3.8, 4) is 0 Å². The predicted molar refractivity (Wildman–Crippen MR) is 67.9 cm³/mol. The van der Waals surface area contributed by atoms with E-state index in [1.165, 1.54) is 5.56 Å². The van der Waals surface area contributed by atoms with Gasteiger partial charge in [0.25, 0.3) is 0 Å². The summed E-state index contributed by atoms with van der Waals surface area (Å²) in [6.45, 7) is 0.820. The van der Waals surface area contributed by atoms with Crippen molar-refractivity contribution in [3.05, 3.63) is 34.3 Å². The largest absolute Gasteiger partial charge is 0.361 e. The van der Waals surface area contributed by atoms with Crippen molar-refractivity contribution in [2.75, 3.05) is 13.3 Å². The number of thioether (sulfide) groups is 1. The first kappa shape index (κ1) is 11.6. The topological polar surface area (TPSA) is 24.4 Å². The third kappa shape index (κ3) is 3.72. The van der Waals surface area contributed by atoms with Crippen LogP contribution in [0.5, 0.6) is 0 Å². The Morgan fingerprint density at radius 3 is 2.57 bits per heavy atom. The zero-order chi connectivity index (χ0) is 10.4. The number of rotatable bonds is 2. The van der Waals surface area contributed by atoms with Crippen molar-refractivity contribution in [3.63, 3.8) is 0 Å². The van der Waals surface area contributed by atoms with Gasteiger partial charge >= 0.3 is 0 Å². The molecule has 1 rings (SSSR count). The molecular weight excluding hydrogens is 260 g/mol. The van der Waals surface area contributed by atoms with Gasteiger partial charge in [-0.3, -0.25) is 4.99 Å². The molecule has 0 amide bonds. The molecule has 4 heteroatoms. The summed E-state index contributed by atoms with van der Waals surface area (Å²) in [5.41, 5.74) is 1.25. The molecule has 0 atom stereocenters. The highest BCUT2D eigenvalue weighted by atomic mass is 79.9. The maximum absolute atomic E-state index is 4.10. The summed E-state index contributed by atoms with van der Waals surface area (Å²) in [4.78, 5) is 4.10. The van der Waals surface area contributed by atoms with Crippen LogP contribution < -0.4 is 5.32 Å². The predicted octanol–water partition coefficient (Wildman–Crippen LogP) is 2.89. The van der Waals surface area contributed by atoms with Gasteiger partial charge in [-0.15, -0.1) is 0 Å². The summed E-state index contributed by atoms with van der Waals surface area (Å²) in [6, 6.07) is 8.26. The van der Waals surface area contributed by atoms with Crippen LogP contribution in [0.15, 0.2) is 33.7 Å². The number of hydrogen-bond donors (Lipinski definition) is 1.